The molecule has 1 aromatic heterocycles. The monoisotopic (exact) mass is 309 g/mol. The van der Waals surface area contributed by atoms with Gasteiger partial charge in [0.15, 0.2) is 0 Å². The van der Waals surface area contributed by atoms with E-state index in [1.54, 1.807) is 6.07 Å². The summed E-state index contributed by atoms with van der Waals surface area (Å²) in [5, 5.41) is 8.07. The highest BCUT2D eigenvalue weighted by Gasteiger charge is 2.09. The van der Waals surface area contributed by atoms with E-state index in [9.17, 15) is 13.2 Å². The Morgan fingerprint density at radius 1 is 1.38 bits per heavy atom. The Bertz CT molecular complexity index is 763. The van der Waals surface area contributed by atoms with Crippen LogP contribution in [-0.2, 0) is 14.6 Å². The van der Waals surface area contributed by atoms with Crippen LogP contribution in [0.1, 0.15) is 26.3 Å². The summed E-state index contributed by atoms with van der Waals surface area (Å²) in [5.41, 5.74) is 1.50. The van der Waals surface area contributed by atoms with Gasteiger partial charge >= 0.3 is 0 Å². The maximum Gasteiger partial charge on any atom is 0.225 e. The zero-order valence-electron chi connectivity index (χ0n) is 12.3. The van der Waals surface area contributed by atoms with E-state index in [4.69, 9.17) is 0 Å². The molecule has 1 heterocycles. The molecule has 21 heavy (non-hydrogen) atoms. The van der Waals surface area contributed by atoms with Crippen molar-refractivity contribution in [2.24, 2.45) is 0 Å². The second-order valence-electron chi connectivity index (χ2n) is 5.40. The van der Waals surface area contributed by atoms with Gasteiger partial charge in [-0.2, -0.15) is 5.10 Å². The fraction of sp³-hybridized carbons (Fsp3) is 0.429. The number of nitrogens with one attached hydrogen (secondary N) is 1. The minimum Gasteiger partial charge on any atom is -0.326 e. The largest absolute Gasteiger partial charge is 0.326 e. The second-order valence-corrected chi connectivity index (χ2v) is 7.66. The van der Waals surface area contributed by atoms with E-state index >= 15 is 0 Å². The van der Waals surface area contributed by atoms with Crippen molar-refractivity contribution in [1.82, 2.24) is 9.78 Å². The second kappa shape index (κ2) is 5.85. The molecular weight excluding hydrogens is 290 g/mol. The summed E-state index contributed by atoms with van der Waals surface area (Å²) in [4.78, 5) is 11.7. The van der Waals surface area contributed by atoms with Gasteiger partial charge in [0.1, 0.15) is 9.84 Å². The Hall–Kier alpha value is -1.89. The quantitative estimate of drug-likeness (QED) is 0.916. The number of amides is 1. The van der Waals surface area contributed by atoms with Crippen molar-refractivity contribution >= 4 is 32.3 Å². The van der Waals surface area contributed by atoms with Gasteiger partial charge in [-0.25, -0.2) is 8.42 Å². The topological polar surface area (TPSA) is 81.1 Å². The number of anilines is 1. The number of sulfone groups is 1. The molecule has 0 bridgehead atoms. The molecule has 2 aromatic rings. The van der Waals surface area contributed by atoms with Crippen LogP contribution in [0.3, 0.4) is 0 Å². The molecular formula is C14H19N3O3S. The number of hydrogen-bond donors (Lipinski definition) is 1. The van der Waals surface area contributed by atoms with Crippen LogP contribution >= 0.6 is 0 Å². The van der Waals surface area contributed by atoms with Crippen LogP contribution in [0.5, 0.6) is 0 Å². The van der Waals surface area contributed by atoms with Crippen molar-refractivity contribution in [3.05, 3.63) is 24.4 Å². The summed E-state index contributed by atoms with van der Waals surface area (Å²) in [6.07, 6.45) is 3.00. The summed E-state index contributed by atoms with van der Waals surface area (Å²) in [5.74, 6) is -0.456. The fourth-order valence-electron chi connectivity index (χ4n) is 1.89. The summed E-state index contributed by atoms with van der Waals surface area (Å²) in [7, 11) is -3.13. The van der Waals surface area contributed by atoms with Gasteiger partial charge in [0, 0.05) is 36.0 Å². The van der Waals surface area contributed by atoms with Gasteiger partial charge < -0.3 is 5.32 Å². The molecule has 0 aliphatic heterocycles. The predicted octanol–water partition coefficient (Wildman–Crippen LogP) is 1.99. The normalized spacial score (nSPS) is 12.0. The summed E-state index contributed by atoms with van der Waals surface area (Å²) in [6, 6.07) is 5.70. The molecule has 0 saturated heterocycles. The van der Waals surface area contributed by atoms with Crippen LogP contribution in [0, 0.1) is 0 Å². The number of hydrogen-bond acceptors (Lipinski definition) is 4. The minimum atomic E-state index is -3.13. The van der Waals surface area contributed by atoms with Gasteiger partial charge in [0.2, 0.25) is 5.91 Å². The van der Waals surface area contributed by atoms with Gasteiger partial charge in [-0.3, -0.25) is 9.48 Å². The molecule has 7 heteroatoms. The van der Waals surface area contributed by atoms with Crippen LogP contribution in [-0.4, -0.2) is 36.1 Å². The lowest BCUT2D eigenvalue weighted by molar-refractivity contribution is -0.115. The highest BCUT2D eigenvalue weighted by molar-refractivity contribution is 7.90. The molecule has 114 valence electrons. The van der Waals surface area contributed by atoms with Gasteiger partial charge in [-0.05, 0) is 32.0 Å². The minimum absolute atomic E-state index is 0.0396. The molecule has 1 N–H and O–H groups in total. The molecule has 0 spiro atoms. The Balaban J connectivity index is 2.10. The molecule has 0 saturated carbocycles. The van der Waals surface area contributed by atoms with Gasteiger partial charge in [0.05, 0.1) is 11.3 Å². The van der Waals surface area contributed by atoms with E-state index in [1.807, 2.05) is 36.9 Å². The maximum atomic E-state index is 11.7. The fourth-order valence-corrected chi connectivity index (χ4v) is 2.44. The average molecular weight is 309 g/mol. The average Bonchev–Trinajstić information content (AvgIpc) is 2.79. The molecule has 2 rings (SSSR count). The molecule has 0 fully saturated rings. The van der Waals surface area contributed by atoms with Crippen LogP contribution in [0.2, 0.25) is 0 Å². The molecule has 1 aromatic carbocycles. The van der Waals surface area contributed by atoms with Crippen molar-refractivity contribution in [2.75, 3.05) is 17.3 Å². The van der Waals surface area contributed by atoms with Crippen molar-refractivity contribution in [3.8, 4) is 0 Å². The van der Waals surface area contributed by atoms with E-state index in [0.717, 1.165) is 17.2 Å². The van der Waals surface area contributed by atoms with Crippen LogP contribution in [0.25, 0.3) is 10.9 Å². The van der Waals surface area contributed by atoms with Crippen molar-refractivity contribution in [3.63, 3.8) is 0 Å². The van der Waals surface area contributed by atoms with Gasteiger partial charge in [0.25, 0.3) is 0 Å². The third-order valence-electron chi connectivity index (χ3n) is 3.03. The Morgan fingerprint density at radius 2 is 2.10 bits per heavy atom. The highest BCUT2D eigenvalue weighted by atomic mass is 32.2. The summed E-state index contributed by atoms with van der Waals surface area (Å²) >= 11 is 0. The van der Waals surface area contributed by atoms with E-state index in [0.29, 0.717) is 5.69 Å². The number of carbonyl (C=O) groups excluding carboxylic acids is 1. The molecule has 0 radical (unpaired) electrons. The summed E-state index contributed by atoms with van der Waals surface area (Å²) in [6.45, 7) is 4.08. The third kappa shape index (κ3) is 4.29. The molecule has 0 unspecified atom stereocenters. The van der Waals surface area contributed by atoms with Gasteiger partial charge in [-0.1, -0.05) is 0 Å². The van der Waals surface area contributed by atoms with Crippen molar-refractivity contribution < 1.29 is 13.2 Å². The Kier molecular flexibility index (Phi) is 4.32. The van der Waals surface area contributed by atoms with Crippen LogP contribution < -0.4 is 5.32 Å². The highest BCUT2D eigenvalue weighted by Crippen LogP contribution is 2.19. The number of nitrogens with zero attached hydrogens (tertiary/aromatic N) is 2. The van der Waals surface area contributed by atoms with E-state index in [2.05, 4.69) is 10.4 Å². The molecule has 0 atom stereocenters. The lowest BCUT2D eigenvalue weighted by Crippen LogP contribution is -2.16. The van der Waals surface area contributed by atoms with E-state index in [1.165, 1.54) is 0 Å². The first-order valence-electron chi connectivity index (χ1n) is 6.71. The number of fused-ring (bicyclic) bond motifs is 1. The first-order chi connectivity index (χ1) is 9.74. The van der Waals surface area contributed by atoms with Gasteiger partial charge in [-0.15, -0.1) is 0 Å². The number of benzene rings is 1. The number of rotatable bonds is 5. The zero-order valence-corrected chi connectivity index (χ0v) is 13.1. The predicted molar refractivity (Wildman–Crippen MR) is 83.1 cm³/mol. The smallest absolute Gasteiger partial charge is 0.225 e. The van der Waals surface area contributed by atoms with Crippen LogP contribution in [0.4, 0.5) is 5.69 Å². The standard InChI is InChI=1S/C14H19N3O3S/c1-10(2)17-9-11-8-12(4-5-13(11)16-17)15-14(18)6-7-21(3,19)20/h4-5,8-10H,6-7H2,1-3H3,(H,15,18). The summed E-state index contributed by atoms with van der Waals surface area (Å²) < 4.78 is 23.9. The molecule has 1 amide bonds. The first-order valence-corrected chi connectivity index (χ1v) is 8.77. The number of aromatic nitrogens is 2. The first kappa shape index (κ1) is 15.5. The van der Waals surface area contributed by atoms with Crippen molar-refractivity contribution in [1.29, 1.82) is 0 Å². The van der Waals surface area contributed by atoms with E-state index in [-0.39, 0.29) is 24.1 Å². The third-order valence-corrected chi connectivity index (χ3v) is 3.98. The Labute approximate surface area is 124 Å². The SMILES string of the molecule is CC(C)n1cc2cc(NC(=O)CCS(C)(=O)=O)ccc2n1. The van der Waals surface area contributed by atoms with E-state index < -0.39 is 9.84 Å². The van der Waals surface area contributed by atoms with Crippen LogP contribution in [0.15, 0.2) is 24.4 Å². The lowest BCUT2D eigenvalue weighted by atomic mass is 10.2. The zero-order chi connectivity index (χ0) is 15.6. The number of carbonyl (C=O) groups is 1. The molecule has 0 aliphatic carbocycles. The molecule has 0 aliphatic rings. The molecule has 6 nitrogen and oxygen atoms in total. The lowest BCUT2D eigenvalue weighted by Gasteiger charge is -2.04. The van der Waals surface area contributed by atoms with Crippen molar-refractivity contribution in [2.45, 2.75) is 26.3 Å². The maximum absolute atomic E-state index is 11.7. The Morgan fingerprint density at radius 3 is 2.71 bits per heavy atom.